The summed E-state index contributed by atoms with van der Waals surface area (Å²) in [6.07, 6.45) is 7.71. The highest BCUT2D eigenvalue weighted by Crippen LogP contribution is 2.30. The van der Waals surface area contributed by atoms with Crippen LogP contribution in [0, 0.1) is 0 Å². The molecule has 1 saturated carbocycles. The predicted molar refractivity (Wildman–Crippen MR) is 104 cm³/mol. The van der Waals surface area contributed by atoms with Crippen LogP contribution in [0.1, 0.15) is 62.2 Å². The van der Waals surface area contributed by atoms with Crippen LogP contribution in [-0.4, -0.2) is 49.4 Å². The fourth-order valence-corrected chi connectivity index (χ4v) is 3.57. The molecule has 1 aliphatic carbocycles. The maximum absolute atomic E-state index is 12.2. The average molecular weight is 360 g/mol. The summed E-state index contributed by atoms with van der Waals surface area (Å²) in [6.45, 7) is 2.49. The maximum atomic E-state index is 12.2. The van der Waals surface area contributed by atoms with Gasteiger partial charge in [-0.2, -0.15) is 0 Å². The fourth-order valence-electron chi connectivity index (χ4n) is 3.57. The number of benzene rings is 1. The van der Waals surface area contributed by atoms with Crippen LogP contribution in [0.25, 0.3) is 0 Å². The van der Waals surface area contributed by atoms with Gasteiger partial charge in [-0.1, -0.05) is 32.6 Å². The summed E-state index contributed by atoms with van der Waals surface area (Å²) in [5.74, 6) is 0.598. The number of hydrogen-bond donors (Lipinski definition) is 1. The third-order valence-electron chi connectivity index (χ3n) is 5.46. The largest absolute Gasteiger partial charge is 0.484 e. The van der Waals surface area contributed by atoms with Crippen molar-refractivity contribution in [1.82, 2.24) is 10.2 Å². The molecule has 1 aromatic rings. The zero-order valence-electron chi connectivity index (χ0n) is 16.3. The van der Waals surface area contributed by atoms with E-state index >= 15 is 0 Å². The second kappa shape index (κ2) is 9.72. The van der Waals surface area contributed by atoms with E-state index in [4.69, 9.17) is 4.74 Å². The Morgan fingerprint density at radius 2 is 1.69 bits per heavy atom. The summed E-state index contributed by atoms with van der Waals surface area (Å²) in [4.78, 5) is 26.1. The van der Waals surface area contributed by atoms with Crippen molar-refractivity contribution >= 4 is 11.7 Å². The van der Waals surface area contributed by atoms with Gasteiger partial charge in [0.2, 0.25) is 0 Å². The number of nitrogens with zero attached hydrogens (tertiary/aromatic N) is 1. The van der Waals surface area contributed by atoms with Gasteiger partial charge in [0.25, 0.3) is 5.91 Å². The molecule has 1 aromatic carbocycles. The Kier molecular flexibility index (Phi) is 7.64. The molecule has 0 unspecified atom stereocenters. The molecule has 0 aromatic heterocycles. The number of amides is 1. The normalized spacial score (nSPS) is 16.8. The minimum atomic E-state index is -0.107. The van der Waals surface area contributed by atoms with Gasteiger partial charge in [0, 0.05) is 24.1 Å². The van der Waals surface area contributed by atoms with Crippen molar-refractivity contribution in [1.29, 1.82) is 0 Å². The van der Waals surface area contributed by atoms with Crippen LogP contribution in [0.3, 0.4) is 0 Å². The molecule has 1 N–H and O–H groups in total. The van der Waals surface area contributed by atoms with Crippen LogP contribution in [0.4, 0.5) is 0 Å². The number of carbonyl (C=O) groups excluding carboxylic acids is 2. The van der Waals surface area contributed by atoms with Crippen molar-refractivity contribution in [3.63, 3.8) is 0 Å². The summed E-state index contributed by atoms with van der Waals surface area (Å²) in [6, 6.07) is 6.96. The van der Waals surface area contributed by atoms with E-state index in [1.165, 1.54) is 25.7 Å². The molecule has 5 heteroatoms. The predicted octanol–water partition coefficient (Wildman–Crippen LogP) is 3.43. The zero-order valence-corrected chi connectivity index (χ0v) is 16.3. The Labute approximate surface area is 157 Å². The number of rotatable bonds is 8. The molecule has 0 radical (unpaired) electrons. The van der Waals surface area contributed by atoms with Crippen molar-refractivity contribution < 1.29 is 14.3 Å². The molecule has 0 spiro atoms. The van der Waals surface area contributed by atoms with E-state index in [0.29, 0.717) is 24.3 Å². The maximum Gasteiger partial charge on any atom is 0.258 e. The van der Waals surface area contributed by atoms with Gasteiger partial charge < -0.3 is 15.0 Å². The molecule has 2 rings (SSSR count). The summed E-state index contributed by atoms with van der Waals surface area (Å²) in [5, 5.41) is 3.05. The minimum absolute atomic E-state index is 0.00935. The molecule has 0 heterocycles. The van der Waals surface area contributed by atoms with E-state index in [1.54, 1.807) is 24.3 Å². The first-order valence-electron chi connectivity index (χ1n) is 9.67. The Morgan fingerprint density at radius 3 is 2.23 bits per heavy atom. The second-order valence-electron chi connectivity index (χ2n) is 7.40. The Bertz CT molecular complexity index is 588. The molecule has 144 valence electrons. The van der Waals surface area contributed by atoms with E-state index in [2.05, 4.69) is 24.3 Å². The first-order valence-corrected chi connectivity index (χ1v) is 9.67. The van der Waals surface area contributed by atoms with Gasteiger partial charge in [0.1, 0.15) is 5.75 Å². The topological polar surface area (TPSA) is 58.6 Å². The lowest BCUT2D eigenvalue weighted by Gasteiger charge is -2.39. The van der Waals surface area contributed by atoms with Gasteiger partial charge in [0.05, 0.1) is 0 Å². The number of ketones is 1. The highest BCUT2D eigenvalue weighted by molar-refractivity contribution is 5.95. The quantitative estimate of drug-likeness (QED) is 0.570. The number of hydrogen-bond acceptors (Lipinski definition) is 4. The Balaban J connectivity index is 1.83. The monoisotopic (exact) mass is 360 g/mol. The number of likely N-dealkylation sites (N-methyl/N-ethyl adjacent to an activating group) is 1. The van der Waals surface area contributed by atoms with Crippen molar-refractivity contribution in [2.45, 2.75) is 57.4 Å². The van der Waals surface area contributed by atoms with E-state index in [9.17, 15) is 9.59 Å². The minimum Gasteiger partial charge on any atom is -0.484 e. The smallest absolute Gasteiger partial charge is 0.258 e. The molecular weight excluding hydrogens is 328 g/mol. The number of nitrogens with one attached hydrogen (secondary N) is 1. The van der Waals surface area contributed by atoms with Crippen LogP contribution in [0.5, 0.6) is 5.75 Å². The number of ether oxygens (including phenoxy) is 1. The lowest BCUT2D eigenvalue weighted by Crippen LogP contribution is -2.53. The van der Waals surface area contributed by atoms with Gasteiger partial charge in [-0.3, -0.25) is 9.59 Å². The van der Waals surface area contributed by atoms with E-state index in [-0.39, 0.29) is 23.8 Å². The Morgan fingerprint density at radius 1 is 1.08 bits per heavy atom. The SMILES string of the molecule is CCC(=O)c1ccc(OCC(=O)NCC2(N(C)C)CCCCCC2)cc1. The van der Waals surface area contributed by atoms with Crippen LogP contribution >= 0.6 is 0 Å². The van der Waals surface area contributed by atoms with Crippen molar-refractivity contribution in [2.24, 2.45) is 0 Å². The van der Waals surface area contributed by atoms with Crippen LogP contribution in [0.2, 0.25) is 0 Å². The van der Waals surface area contributed by atoms with Crippen LogP contribution in [-0.2, 0) is 4.79 Å². The second-order valence-corrected chi connectivity index (χ2v) is 7.40. The molecule has 26 heavy (non-hydrogen) atoms. The summed E-state index contributed by atoms with van der Waals surface area (Å²) < 4.78 is 5.56. The van der Waals surface area contributed by atoms with Gasteiger partial charge >= 0.3 is 0 Å². The number of Topliss-reactive ketones (excluding diaryl/α,β-unsaturated/α-hetero) is 1. The van der Waals surface area contributed by atoms with E-state index < -0.39 is 0 Å². The third-order valence-corrected chi connectivity index (χ3v) is 5.46. The molecular formula is C21H32N2O3. The van der Waals surface area contributed by atoms with Crippen molar-refractivity contribution in [3.8, 4) is 5.75 Å². The lowest BCUT2D eigenvalue weighted by molar-refractivity contribution is -0.123. The average Bonchev–Trinajstić information content (AvgIpc) is 2.91. The summed E-state index contributed by atoms with van der Waals surface area (Å²) in [7, 11) is 4.21. The van der Waals surface area contributed by atoms with Gasteiger partial charge in [-0.15, -0.1) is 0 Å². The van der Waals surface area contributed by atoms with Crippen LogP contribution in [0.15, 0.2) is 24.3 Å². The van der Waals surface area contributed by atoms with Crippen molar-refractivity contribution in [3.05, 3.63) is 29.8 Å². The first kappa shape index (κ1) is 20.4. The van der Waals surface area contributed by atoms with E-state index in [1.807, 2.05) is 6.92 Å². The molecule has 5 nitrogen and oxygen atoms in total. The summed E-state index contributed by atoms with van der Waals surface area (Å²) in [5.41, 5.74) is 0.722. The highest BCUT2D eigenvalue weighted by atomic mass is 16.5. The van der Waals surface area contributed by atoms with Gasteiger partial charge in [-0.25, -0.2) is 0 Å². The zero-order chi connectivity index (χ0) is 19.0. The molecule has 0 bridgehead atoms. The van der Waals surface area contributed by atoms with Gasteiger partial charge in [0.15, 0.2) is 12.4 Å². The molecule has 0 saturated heterocycles. The molecule has 1 amide bonds. The number of carbonyl (C=O) groups is 2. The summed E-state index contributed by atoms with van der Waals surface area (Å²) >= 11 is 0. The Hall–Kier alpha value is -1.88. The highest BCUT2D eigenvalue weighted by Gasteiger charge is 2.33. The molecule has 1 aliphatic rings. The first-order chi connectivity index (χ1) is 12.5. The van der Waals surface area contributed by atoms with Crippen LogP contribution < -0.4 is 10.1 Å². The lowest BCUT2D eigenvalue weighted by atomic mass is 9.88. The standard InChI is InChI=1S/C21H32N2O3/c1-4-19(24)17-9-11-18(12-10-17)26-15-20(25)22-16-21(23(2)3)13-7-5-6-8-14-21/h9-12H,4-8,13-16H2,1-3H3,(H,22,25). The van der Waals surface area contributed by atoms with Gasteiger partial charge in [-0.05, 0) is 51.2 Å². The third kappa shape index (κ3) is 5.56. The molecule has 1 fully saturated rings. The fraction of sp³-hybridized carbons (Fsp3) is 0.619. The molecule has 0 aliphatic heterocycles. The van der Waals surface area contributed by atoms with Crippen molar-refractivity contribution in [2.75, 3.05) is 27.2 Å². The molecule has 0 atom stereocenters. The van der Waals surface area contributed by atoms with E-state index in [0.717, 1.165) is 12.8 Å².